The molecular formula is C21H42N3+3. The van der Waals surface area contributed by atoms with Gasteiger partial charge in [0.15, 0.2) is 0 Å². The third kappa shape index (κ3) is 4.16. The van der Waals surface area contributed by atoms with Gasteiger partial charge in [0, 0.05) is 0 Å². The molecule has 3 saturated carbocycles. The van der Waals surface area contributed by atoms with Crippen LogP contribution < -0.4 is 14.7 Å². The van der Waals surface area contributed by atoms with E-state index in [0.717, 1.165) is 18.1 Å². The van der Waals surface area contributed by atoms with E-state index < -0.39 is 0 Å². The fourth-order valence-electron chi connectivity index (χ4n) is 6.46. The second-order valence-corrected chi connectivity index (χ2v) is 9.51. The molecule has 4 aliphatic rings. The van der Waals surface area contributed by atoms with Gasteiger partial charge in [0.1, 0.15) is 0 Å². The lowest BCUT2D eigenvalue weighted by atomic mass is 9.92. The van der Waals surface area contributed by atoms with Gasteiger partial charge in [-0.15, -0.1) is 0 Å². The quantitative estimate of drug-likeness (QED) is 0.665. The van der Waals surface area contributed by atoms with Crippen LogP contribution in [0.2, 0.25) is 0 Å². The molecule has 3 aliphatic carbocycles. The van der Waals surface area contributed by atoms with Crippen LogP contribution in [-0.2, 0) is 0 Å². The second kappa shape index (κ2) is 8.51. The highest BCUT2D eigenvalue weighted by atomic mass is 15.5. The summed E-state index contributed by atoms with van der Waals surface area (Å²) in [6.45, 7) is 4.35. The SMILES string of the molecule is C1CCC([NH+]2C[NH+](C3CCCCC3)C[NH+](C3CCCCC3)C2)CC1. The number of rotatable bonds is 3. The summed E-state index contributed by atoms with van der Waals surface area (Å²) in [6, 6.07) is 2.99. The molecular weight excluding hydrogens is 294 g/mol. The van der Waals surface area contributed by atoms with Crippen LogP contribution in [0.1, 0.15) is 96.3 Å². The van der Waals surface area contributed by atoms with E-state index in [-0.39, 0.29) is 0 Å². The van der Waals surface area contributed by atoms with Gasteiger partial charge in [-0.2, -0.15) is 0 Å². The van der Waals surface area contributed by atoms with Crippen LogP contribution in [-0.4, -0.2) is 38.1 Å². The van der Waals surface area contributed by atoms with E-state index in [9.17, 15) is 0 Å². The average molecular weight is 337 g/mol. The molecule has 0 atom stereocenters. The smallest absolute Gasteiger partial charge is 0.213 e. The molecule has 1 saturated heterocycles. The molecule has 0 aromatic rings. The first-order chi connectivity index (χ1) is 11.9. The standard InChI is InChI=1S/C21H39N3/c1-4-10-19(11-5-1)22-16-23(20-12-6-2-7-13-20)18-24(17-22)21-14-8-3-9-15-21/h19-21H,1-18H2/p+3. The zero-order valence-electron chi connectivity index (χ0n) is 16.0. The third-order valence-corrected chi connectivity index (χ3v) is 7.91. The zero-order valence-corrected chi connectivity index (χ0v) is 16.0. The summed E-state index contributed by atoms with van der Waals surface area (Å²) < 4.78 is 0. The maximum absolute atomic E-state index is 2.00. The van der Waals surface area contributed by atoms with Gasteiger partial charge in [-0.1, -0.05) is 19.3 Å². The van der Waals surface area contributed by atoms with Crippen LogP contribution in [0.15, 0.2) is 0 Å². The van der Waals surface area contributed by atoms with Crippen LogP contribution >= 0.6 is 0 Å². The minimum atomic E-state index is 0.997. The van der Waals surface area contributed by atoms with Crippen molar-refractivity contribution in [2.24, 2.45) is 0 Å². The van der Waals surface area contributed by atoms with Gasteiger partial charge >= 0.3 is 0 Å². The lowest BCUT2D eigenvalue weighted by Gasteiger charge is -2.44. The molecule has 0 spiro atoms. The minimum absolute atomic E-state index is 0.997. The van der Waals surface area contributed by atoms with Crippen molar-refractivity contribution >= 4 is 0 Å². The highest BCUT2D eigenvalue weighted by molar-refractivity contribution is 4.66. The molecule has 3 N–H and O–H groups in total. The normalized spacial score (nSPS) is 38.2. The molecule has 0 radical (unpaired) electrons. The summed E-state index contributed by atoms with van der Waals surface area (Å²) in [5.74, 6) is 0. The number of hydrogen-bond acceptors (Lipinski definition) is 0. The minimum Gasteiger partial charge on any atom is -0.240 e. The number of hydrogen-bond donors (Lipinski definition) is 3. The lowest BCUT2D eigenvalue weighted by molar-refractivity contribution is -1.28. The maximum Gasteiger partial charge on any atom is 0.213 e. The highest BCUT2D eigenvalue weighted by Gasteiger charge is 2.43. The van der Waals surface area contributed by atoms with Crippen molar-refractivity contribution in [2.75, 3.05) is 20.0 Å². The topological polar surface area (TPSA) is 13.3 Å². The Morgan fingerprint density at radius 3 is 0.833 bits per heavy atom. The molecule has 138 valence electrons. The summed E-state index contributed by atoms with van der Waals surface area (Å²) in [5.41, 5.74) is 0. The summed E-state index contributed by atoms with van der Waals surface area (Å²) in [4.78, 5) is 6.01. The molecule has 4 rings (SSSR count). The maximum atomic E-state index is 2.00. The van der Waals surface area contributed by atoms with Crippen molar-refractivity contribution in [2.45, 2.75) is 114 Å². The van der Waals surface area contributed by atoms with Crippen LogP contribution in [0.4, 0.5) is 0 Å². The molecule has 1 heterocycles. The van der Waals surface area contributed by atoms with Crippen LogP contribution in [0.25, 0.3) is 0 Å². The van der Waals surface area contributed by atoms with Gasteiger partial charge < -0.3 is 0 Å². The Hall–Kier alpha value is -0.120. The van der Waals surface area contributed by atoms with E-state index in [1.165, 1.54) is 116 Å². The van der Waals surface area contributed by atoms with E-state index >= 15 is 0 Å². The predicted octanol–water partition coefficient (Wildman–Crippen LogP) is 0.525. The van der Waals surface area contributed by atoms with Crippen molar-refractivity contribution in [3.63, 3.8) is 0 Å². The van der Waals surface area contributed by atoms with E-state index in [0.29, 0.717) is 0 Å². The third-order valence-electron chi connectivity index (χ3n) is 7.91. The average Bonchev–Trinajstić information content (AvgIpc) is 2.70. The monoisotopic (exact) mass is 336 g/mol. The van der Waals surface area contributed by atoms with Gasteiger partial charge in [-0.25, -0.2) is 14.7 Å². The fourth-order valence-corrected chi connectivity index (χ4v) is 6.46. The molecule has 3 heteroatoms. The lowest BCUT2D eigenvalue weighted by Crippen LogP contribution is -3.52. The molecule has 4 fully saturated rings. The van der Waals surface area contributed by atoms with E-state index in [1.54, 1.807) is 0 Å². The Bertz CT molecular complexity index is 304. The van der Waals surface area contributed by atoms with Crippen molar-refractivity contribution in [3.8, 4) is 0 Å². The Labute approximate surface area is 149 Å². The van der Waals surface area contributed by atoms with Gasteiger partial charge in [0.2, 0.25) is 20.0 Å². The predicted molar refractivity (Wildman–Crippen MR) is 98.1 cm³/mol. The summed E-state index contributed by atoms with van der Waals surface area (Å²) in [6.07, 6.45) is 22.7. The summed E-state index contributed by atoms with van der Waals surface area (Å²) in [5, 5.41) is 0. The van der Waals surface area contributed by atoms with Crippen LogP contribution in [0.3, 0.4) is 0 Å². The van der Waals surface area contributed by atoms with Gasteiger partial charge in [0.25, 0.3) is 0 Å². The van der Waals surface area contributed by atoms with Crippen molar-refractivity contribution in [1.29, 1.82) is 0 Å². The van der Waals surface area contributed by atoms with E-state index in [4.69, 9.17) is 0 Å². The van der Waals surface area contributed by atoms with Crippen molar-refractivity contribution in [3.05, 3.63) is 0 Å². The Kier molecular flexibility index (Phi) is 6.13. The molecule has 0 aromatic carbocycles. The first-order valence-corrected chi connectivity index (χ1v) is 11.4. The largest absolute Gasteiger partial charge is 0.240 e. The first-order valence-electron chi connectivity index (χ1n) is 11.4. The van der Waals surface area contributed by atoms with Crippen LogP contribution in [0, 0.1) is 0 Å². The van der Waals surface area contributed by atoms with Crippen molar-refractivity contribution in [1.82, 2.24) is 0 Å². The molecule has 1 aliphatic heterocycles. The fraction of sp³-hybridized carbons (Fsp3) is 1.00. The van der Waals surface area contributed by atoms with Crippen LogP contribution in [0.5, 0.6) is 0 Å². The summed E-state index contributed by atoms with van der Waals surface area (Å²) >= 11 is 0. The molecule has 0 aromatic heterocycles. The van der Waals surface area contributed by atoms with E-state index in [2.05, 4.69) is 0 Å². The number of nitrogens with one attached hydrogen (secondary N) is 3. The second-order valence-electron chi connectivity index (χ2n) is 9.51. The molecule has 0 bridgehead atoms. The Morgan fingerprint density at radius 2 is 0.583 bits per heavy atom. The van der Waals surface area contributed by atoms with Gasteiger partial charge in [-0.05, 0) is 77.0 Å². The molecule has 0 unspecified atom stereocenters. The Morgan fingerprint density at radius 1 is 0.333 bits per heavy atom. The molecule has 3 nitrogen and oxygen atoms in total. The first kappa shape index (κ1) is 17.3. The van der Waals surface area contributed by atoms with E-state index in [1.807, 2.05) is 14.7 Å². The zero-order chi connectivity index (χ0) is 16.2. The summed E-state index contributed by atoms with van der Waals surface area (Å²) in [7, 11) is 0. The highest BCUT2D eigenvalue weighted by Crippen LogP contribution is 2.17. The molecule has 24 heavy (non-hydrogen) atoms. The molecule has 0 amide bonds. The van der Waals surface area contributed by atoms with Gasteiger partial charge in [-0.3, -0.25) is 0 Å². The number of quaternary nitrogens is 3. The Balaban J connectivity index is 1.44. The van der Waals surface area contributed by atoms with Crippen molar-refractivity contribution < 1.29 is 14.7 Å². The van der Waals surface area contributed by atoms with Gasteiger partial charge in [0.05, 0.1) is 18.1 Å².